The van der Waals surface area contributed by atoms with Crippen LogP contribution in [-0.2, 0) is 11.3 Å². The molecule has 1 aliphatic rings. The van der Waals surface area contributed by atoms with E-state index >= 15 is 0 Å². The second kappa shape index (κ2) is 8.78. The SMILES string of the molecule is COCCN(C)C[C@@H]1CN(Cc2ccc(C)c(C)c2)C[C@@H]1CO. The van der Waals surface area contributed by atoms with E-state index in [2.05, 4.69) is 48.9 Å². The molecular weight excluding hydrogens is 288 g/mol. The highest BCUT2D eigenvalue weighted by Crippen LogP contribution is 2.25. The van der Waals surface area contributed by atoms with Gasteiger partial charge in [-0.05, 0) is 49.4 Å². The Morgan fingerprint density at radius 3 is 2.61 bits per heavy atom. The molecular formula is C19H32N2O2. The van der Waals surface area contributed by atoms with Crippen LogP contribution >= 0.6 is 0 Å². The van der Waals surface area contributed by atoms with Crippen molar-refractivity contribution in [2.75, 3.05) is 53.6 Å². The Morgan fingerprint density at radius 1 is 1.22 bits per heavy atom. The molecule has 1 heterocycles. The van der Waals surface area contributed by atoms with Crippen molar-refractivity contribution in [2.45, 2.75) is 20.4 Å². The third-order valence-corrected chi connectivity index (χ3v) is 5.09. The lowest BCUT2D eigenvalue weighted by atomic mass is 9.96. The molecule has 1 N–H and O–H groups in total. The zero-order valence-electron chi connectivity index (χ0n) is 15.1. The van der Waals surface area contributed by atoms with Gasteiger partial charge in [-0.2, -0.15) is 0 Å². The summed E-state index contributed by atoms with van der Waals surface area (Å²) in [5, 5.41) is 9.72. The average molecular weight is 320 g/mol. The molecule has 2 atom stereocenters. The van der Waals surface area contributed by atoms with Gasteiger partial charge in [0.1, 0.15) is 0 Å². The maximum atomic E-state index is 9.72. The van der Waals surface area contributed by atoms with Gasteiger partial charge in [-0.25, -0.2) is 0 Å². The predicted molar refractivity (Wildman–Crippen MR) is 94.6 cm³/mol. The first-order valence-corrected chi connectivity index (χ1v) is 8.60. The van der Waals surface area contributed by atoms with Gasteiger partial charge in [0.2, 0.25) is 0 Å². The molecule has 0 unspecified atom stereocenters. The highest BCUT2D eigenvalue weighted by atomic mass is 16.5. The fourth-order valence-electron chi connectivity index (χ4n) is 3.48. The predicted octanol–water partition coefficient (Wildman–Crippen LogP) is 1.92. The van der Waals surface area contributed by atoms with Crippen LogP contribution in [0.4, 0.5) is 0 Å². The fraction of sp³-hybridized carbons (Fsp3) is 0.684. The van der Waals surface area contributed by atoms with Crippen molar-refractivity contribution < 1.29 is 9.84 Å². The van der Waals surface area contributed by atoms with Crippen LogP contribution in [0, 0.1) is 25.7 Å². The molecule has 1 aromatic carbocycles. The zero-order chi connectivity index (χ0) is 16.8. The summed E-state index contributed by atoms with van der Waals surface area (Å²) >= 11 is 0. The molecule has 4 heteroatoms. The smallest absolute Gasteiger partial charge is 0.0589 e. The molecule has 1 aromatic rings. The quantitative estimate of drug-likeness (QED) is 0.794. The standard InChI is InChI=1S/C19H32N2O2/c1-15-5-6-17(9-16(15)2)10-21-12-18(19(13-21)14-22)11-20(3)7-8-23-4/h5-6,9,18-19,22H,7-8,10-14H2,1-4H3/t18-,19-/m1/s1. The second-order valence-electron chi connectivity index (χ2n) is 7.07. The molecule has 130 valence electrons. The monoisotopic (exact) mass is 320 g/mol. The van der Waals surface area contributed by atoms with Crippen LogP contribution in [0.3, 0.4) is 0 Å². The molecule has 4 nitrogen and oxygen atoms in total. The molecule has 0 radical (unpaired) electrons. The van der Waals surface area contributed by atoms with Crippen LogP contribution in [0.5, 0.6) is 0 Å². The number of benzene rings is 1. The third kappa shape index (κ3) is 5.28. The maximum Gasteiger partial charge on any atom is 0.0589 e. The van der Waals surface area contributed by atoms with E-state index < -0.39 is 0 Å². The number of aliphatic hydroxyl groups is 1. The fourth-order valence-corrected chi connectivity index (χ4v) is 3.48. The van der Waals surface area contributed by atoms with Crippen molar-refractivity contribution in [3.63, 3.8) is 0 Å². The third-order valence-electron chi connectivity index (χ3n) is 5.09. The van der Waals surface area contributed by atoms with Crippen molar-refractivity contribution in [3.05, 3.63) is 34.9 Å². The number of ether oxygens (including phenoxy) is 1. The molecule has 0 saturated carbocycles. The maximum absolute atomic E-state index is 9.72. The summed E-state index contributed by atoms with van der Waals surface area (Å²) in [6.07, 6.45) is 0. The minimum absolute atomic E-state index is 0.284. The van der Waals surface area contributed by atoms with Gasteiger partial charge < -0.3 is 14.7 Å². The Hall–Kier alpha value is -0.940. The van der Waals surface area contributed by atoms with Crippen molar-refractivity contribution in [1.29, 1.82) is 0 Å². The van der Waals surface area contributed by atoms with Crippen LogP contribution in [0.1, 0.15) is 16.7 Å². The highest BCUT2D eigenvalue weighted by molar-refractivity contribution is 5.29. The van der Waals surface area contributed by atoms with Crippen LogP contribution in [0.15, 0.2) is 18.2 Å². The number of aliphatic hydroxyl groups excluding tert-OH is 1. The lowest BCUT2D eigenvalue weighted by Gasteiger charge is -2.23. The van der Waals surface area contributed by atoms with Gasteiger partial charge in [-0.15, -0.1) is 0 Å². The number of likely N-dealkylation sites (tertiary alicyclic amines) is 1. The normalized spacial score (nSPS) is 22.2. The number of hydrogen-bond acceptors (Lipinski definition) is 4. The Morgan fingerprint density at radius 2 is 1.96 bits per heavy atom. The Labute approximate surface area is 141 Å². The number of nitrogens with zero attached hydrogens (tertiary/aromatic N) is 2. The Kier molecular flexibility index (Phi) is 7.03. The van der Waals surface area contributed by atoms with E-state index in [0.717, 1.165) is 39.3 Å². The Balaban J connectivity index is 1.91. The van der Waals surface area contributed by atoms with Crippen LogP contribution in [0.25, 0.3) is 0 Å². The van der Waals surface area contributed by atoms with E-state index in [9.17, 15) is 5.11 Å². The van der Waals surface area contributed by atoms with E-state index in [1.54, 1.807) is 7.11 Å². The van der Waals surface area contributed by atoms with Gasteiger partial charge in [-0.1, -0.05) is 18.2 Å². The summed E-state index contributed by atoms with van der Waals surface area (Å²) in [4.78, 5) is 4.80. The second-order valence-corrected chi connectivity index (χ2v) is 7.07. The van der Waals surface area contributed by atoms with Gasteiger partial charge in [0.05, 0.1) is 6.61 Å². The molecule has 0 amide bonds. The van der Waals surface area contributed by atoms with E-state index in [1.807, 2.05) is 0 Å². The molecule has 1 saturated heterocycles. The van der Waals surface area contributed by atoms with E-state index in [1.165, 1.54) is 16.7 Å². The minimum atomic E-state index is 0.284. The average Bonchev–Trinajstić information content (AvgIpc) is 2.90. The van der Waals surface area contributed by atoms with Gasteiger partial charge in [-0.3, -0.25) is 4.90 Å². The first-order chi connectivity index (χ1) is 11.0. The van der Waals surface area contributed by atoms with Gasteiger partial charge in [0.25, 0.3) is 0 Å². The Bertz CT molecular complexity index is 492. The molecule has 0 aliphatic carbocycles. The van der Waals surface area contributed by atoms with Gasteiger partial charge in [0.15, 0.2) is 0 Å². The summed E-state index contributed by atoms with van der Waals surface area (Å²) in [6.45, 7) is 10.4. The largest absolute Gasteiger partial charge is 0.396 e. The molecule has 1 fully saturated rings. The summed E-state index contributed by atoms with van der Waals surface area (Å²) < 4.78 is 5.15. The summed E-state index contributed by atoms with van der Waals surface area (Å²) in [7, 11) is 3.88. The van der Waals surface area contributed by atoms with Crippen LogP contribution in [-0.4, -0.2) is 68.5 Å². The van der Waals surface area contributed by atoms with E-state index in [-0.39, 0.29) is 6.61 Å². The lowest BCUT2D eigenvalue weighted by molar-refractivity contribution is 0.136. The van der Waals surface area contributed by atoms with Crippen molar-refractivity contribution in [1.82, 2.24) is 9.80 Å². The highest BCUT2D eigenvalue weighted by Gasteiger charge is 2.32. The van der Waals surface area contributed by atoms with Crippen molar-refractivity contribution >= 4 is 0 Å². The number of likely N-dealkylation sites (N-methyl/N-ethyl adjacent to an activating group) is 1. The molecule has 23 heavy (non-hydrogen) atoms. The summed E-state index contributed by atoms with van der Waals surface area (Å²) in [6, 6.07) is 6.73. The van der Waals surface area contributed by atoms with Crippen LogP contribution < -0.4 is 0 Å². The van der Waals surface area contributed by atoms with Gasteiger partial charge in [0, 0.05) is 46.4 Å². The van der Waals surface area contributed by atoms with E-state index in [4.69, 9.17) is 4.74 Å². The van der Waals surface area contributed by atoms with Crippen molar-refractivity contribution in [2.24, 2.45) is 11.8 Å². The van der Waals surface area contributed by atoms with Gasteiger partial charge >= 0.3 is 0 Å². The first kappa shape index (κ1) is 18.4. The molecule has 2 rings (SSSR count). The van der Waals surface area contributed by atoms with Crippen LogP contribution in [0.2, 0.25) is 0 Å². The molecule has 1 aliphatic heterocycles. The lowest BCUT2D eigenvalue weighted by Crippen LogP contribution is -2.33. The summed E-state index contributed by atoms with van der Waals surface area (Å²) in [5.41, 5.74) is 4.08. The molecule has 0 bridgehead atoms. The molecule has 0 aromatic heterocycles. The minimum Gasteiger partial charge on any atom is -0.396 e. The van der Waals surface area contributed by atoms with Crippen molar-refractivity contribution in [3.8, 4) is 0 Å². The first-order valence-electron chi connectivity index (χ1n) is 8.60. The topological polar surface area (TPSA) is 35.9 Å². The molecule has 0 spiro atoms. The zero-order valence-corrected chi connectivity index (χ0v) is 15.1. The number of aryl methyl sites for hydroxylation is 2. The number of hydrogen-bond donors (Lipinski definition) is 1. The van der Waals surface area contributed by atoms with E-state index in [0.29, 0.717) is 11.8 Å². The summed E-state index contributed by atoms with van der Waals surface area (Å²) in [5.74, 6) is 0.917. The number of methoxy groups -OCH3 is 1. The number of rotatable bonds is 8.